The lowest BCUT2D eigenvalue weighted by atomic mass is 10.3. The van der Waals surface area contributed by atoms with Crippen molar-refractivity contribution < 1.29 is 14.7 Å². The third kappa shape index (κ3) is 4.04. The van der Waals surface area contributed by atoms with Crippen LogP contribution in [-0.4, -0.2) is 40.6 Å². The number of carbonyl (C=O) groups excluding carboxylic acids is 1. The molecule has 0 aromatic rings. The standard InChI is InChI=1S/C6H10ClN3O4/c1-4(5(11)12)8-6(13)10(9-14)3-2-7/h4H,2-3H2,1H3,(H,8,13)(H,11,12)/t4-/m0/s1. The Morgan fingerprint density at radius 3 is 2.57 bits per heavy atom. The van der Waals surface area contributed by atoms with Crippen LogP contribution in [0.4, 0.5) is 4.79 Å². The van der Waals surface area contributed by atoms with E-state index in [2.05, 4.69) is 10.6 Å². The molecular weight excluding hydrogens is 214 g/mol. The Hall–Kier alpha value is -1.37. The first kappa shape index (κ1) is 12.6. The van der Waals surface area contributed by atoms with Crippen molar-refractivity contribution in [3.05, 3.63) is 4.91 Å². The van der Waals surface area contributed by atoms with E-state index in [4.69, 9.17) is 16.7 Å². The Kier molecular flexibility index (Phi) is 5.54. The number of carboxylic acid groups (broad SMARTS) is 1. The number of urea groups is 1. The van der Waals surface area contributed by atoms with Crippen LogP contribution in [0.25, 0.3) is 0 Å². The van der Waals surface area contributed by atoms with Crippen molar-refractivity contribution in [2.75, 3.05) is 12.4 Å². The number of nitrogens with zero attached hydrogens (tertiary/aromatic N) is 2. The molecule has 0 spiro atoms. The molecular formula is C6H10ClN3O4. The zero-order chi connectivity index (χ0) is 11.1. The van der Waals surface area contributed by atoms with Gasteiger partial charge in [-0.15, -0.1) is 16.5 Å². The first-order chi connectivity index (χ1) is 6.52. The summed E-state index contributed by atoms with van der Waals surface area (Å²) in [6.07, 6.45) is 0. The molecule has 0 unspecified atom stereocenters. The fraction of sp³-hybridized carbons (Fsp3) is 0.667. The molecule has 7 nitrogen and oxygen atoms in total. The molecule has 0 fully saturated rings. The molecule has 14 heavy (non-hydrogen) atoms. The maximum atomic E-state index is 11.1. The number of carboxylic acids is 1. The molecule has 0 aromatic heterocycles. The number of nitroso groups, excluding NO2 is 1. The van der Waals surface area contributed by atoms with Crippen molar-refractivity contribution in [3.63, 3.8) is 0 Å². The second-order valence-corrected chi connectivity index (χ2v) is 2.78. The number of halogens is 1. The molecule has 0 aliphatic carbocycles. The molecule has 0 aliphatic rings. The smallest absolute Gasteiger partial charge is 0.341 e. The predicted molar refractivity (Wildman–Crippen MR) is 48.9 cm³/mol. The van der Waals surface area contributed by atoms with Gasteiger partial charge in [0.1, 0.15) is 6.04 Å². The van der Waals surface area contributed by atoms with Gasteiger partial charge in [-0.05, 0) is 6.92 Å². The van der Waals surface area contributed by atoms with Gasteiger partial charge in [0.05, 0.1) is 11.8 Å². The summed E-state index contributed by atoms with van der Waals surface area (Å²) >= 11 is 5.28. The summed E-state index contributed by atoms with van der Waals surface area (Å²) in [5, 5.41) is 13.4. The van der Waals surface area contributed by atoms with E-state index in [1.54, 1.807) is 0 Å². The highest BCUT2D eigenvalue weighted by molar-refractivity contribution is 6.18. The fourth-order valence-corrected chi connectivity index (χ4v) is 0.741. The predicted octanol–water partition coefficient (Wildman–Crippen LogP) is 0.391. The van der Waals surface area contributed by atoms with Gasteiger partial charge >= 0.3 is 12.0 Å². The van der Waals surface area contributed by atoms with Crippen molar-refractivity contribution in [2.24, 2.45) is 5.29 Å². The minimum absolute atomic E-state index is 0.0423. The molecule has 0 radical (unpaired) electrons. The lowest BCUT2D eigenvalue weighted by Gasteiger charge is -2.14. The molecule has 2 amide bonds. The first-order valence-electron chi connectivity index (χ1n) is 3.73. The van der Waals surface area contributed by atoms with E-state index in [-0.39, 0.29) is 12.4 Å². The van der Waals surface area contributed by atoms with E-state index >= 15 is 0 Å². The summed E-state index contributed by atoms with van der Waals surface area (Å²) in [5.41, 5.74) is 0. The van der Waals surface area contributed by atoms with Crippen molar-refractivity contribution in [1.82, 2.24) is 10.3 Å². The van der Waals surface area contributed by atoms with E-state index in [0.29, 0.717) is 5.01 Å². The van der Waals surface area contributed by atoms with Gasteiger partial charge in [-0.2, -0.15) is 5.01 Å². The highest BCUT2D eigenvalue weighted by atomic mass is 35.5. The minimum atomic E-state index is -1.20. The maximum absolute atomic E-state index is 11.1. The highest BCUT2D eigenvalue weighted by Crippen LogP contribution is 1.93. The van der Waals surface area contributed by atoms with Crippen LogP contribution in [-0.2, 0) is 4.79 Å². The van der Waals surface area contributed by atoms with E-state index < -0.39 is 18.0 Å². The Labute approximate surface area is 85.0 Å². The van der Waals surface area contributed by atoms with Crippen molar-refractivity contribution >= 4 is 23.6 Å². The molecule has 80 valence electrons. The van der Waals surface area contributed by atoms with Crippen LogP contribution in [0.15, 0.2) is 5.29 Å². The number of carbonyl (C=O) groups is 2. The zero-order valence-electron chi connectivity index (χ0n) is 7.44. The van der Waals surface area contributed by atoms with Gasteiger partial charge in [0.25, 0.3) is 0 Å². The van der Waals surface area contributed by atoms with E-state index in [9.17, 15) is 14.5 Å². The molecule has 1 atom stereocenters. The van der Waals surface area contributed by atoms with Crippen LogP contribution >= 0.6 is 11.6 Å². The van der Waals surface area contributed by atoms with E-state index in [0.717, 1.165) is 0 Å². The molecule has 8 heteroatoms. The van der Waals surface area contributed by atoms with Gasteiger partial charge in [0.15, 0.2) is 0 Å². The molecule has 0 saturated carbocycles. The Balaban J connectivity index is 4.16. The van der Waals surface area contributed by atoms with Crippen LogP contribution < -0.4 is 5.32 Å². The van der Waals surface area contributed by atoms with Crippen molar-refractivity contribution in [1.29, 1.82) is 0 Å². The molecule has 0 aromatic carbocycles. The second kappa shape index (κ2) is 6.14. The van der Waals surface area contributed by atoms with Crippen LogP contribution in [0.5, 0.6) is 0 Å². The normalized spacial score (nSPS) is 11.6. The molecule has 0 rings (SSSR count). The average molecular weight is 224 g/mol. The van der Waals surface area contributed by atoms with Crippen molar-refractivity contribution in [2.45, 2.75) is 13.0 Å². The van der Waals surface area contributed by atoms with Gasteiger partial charge < -0.3 is 10.4 Å². The Morgan fingerprint density at radius 2 is 2.21 bits per heavy atom. The monoisotopic (exact) mass is 223 g/mol. The fourth-order valence-electron chi connectivity index (χ4n) is 0.581. The van der Waals surface area contributed by atoms with Crippen LogP contribution in [0.1, 0.15) is 6.92 Å². The summed E-state index contributed by atoms with van der Waals surface area (Å²) in [6, 6.07) is -1.96. The second-order valence-electron chi connectivity index (χ2n) is 2.40. The average Bonchev–Trinajstić information content (AvgIpc) is 2.13. The quantitative estimate of drug-likeness (QED) is 0.400. The summed E-state index contributed by atoms with van der Waals surface area (Å²) < 4.78 is 0. The minimum Gasteiger partial charge on any atom is -0.480 e. The SMILES string of the molecule is C[C@H](NC(=O)N(CCCl)N=O)C(=O)O. The van der Waals surface area contributed by atoms with Crippen LogP contribution in [0.3, 0.4) is 0 Å². The molecule has 0 bridgehead atoms. The summed E-state index contributed by atoms with van der Waals surface area (Å²) in [4.78, 5) is 31.5. The lowest BCUT2D eigenvalue weighted by molar-refractivity contribution is -0.138. The van der Waals surface area contributed by atoms with Gasteiger partial charge in [0.2, 0.25) is 0 Å². The maximum Gasteiger partial charge on any atom is 0.341 e. The zero-order valence-corrected chi connectivity index (χ0v) is 8.19. The van der Waals surface area contributed by atoms with Gasteiger partial charge in [-0.25, -0.2) is 4.79 Å². The van der Waals surface area contributed by atoms with Crippen LogP contribution in [0, 0.1) is 4.91 Å². The number of nitrogens with one attached hydrogen (secondary N) is 1. The third-order valence-corrected chi connectivity index (χ3v) is 1.51. The number of hydrogen-bond donors (Lipinski definition) is 2. The topological polar surface area (TPSA) is 99.1 Å². The Morgan fingerprint density at radius 1 is 1.64 bits per heavy atom. The first-order valence-corrected chi connectivity index (χ1v) is 4.26. The molecule has 0 saturated heterocycles. The van der Waals surface area contributed by atoms with Gasteiger partial charge in [-0.3, -0.25) is 4.79 Å². The number of aliphatic carboxylic acids is 1. The van der Waals surface area contributed by atoms with E-state index in [1.807, 2.05) is 0 Å². The largest absolute Gasteiger partial charge is 0.480 e. The highest BCUT2D eigenvalue weighted by Gasteiger charge is 2.19. The van der Waals surface area contributed by atoms with Gasteiger partial charge in [0, 0.05) is 5.88 Å². The number of amides is 2. The molecule has 2 N–H and O–H groups in total. The summed E-state index contributed by atoms with van der Waals surface area (Å²) in [6.45, 7) is 1.20. The third-order valence-electron chi connectivity index (χ3n) is 1.34. The lowest BCUT2D eigenvalue weighted by Crippen LogP contribution is -2.45. The van der Waals surface area contributed by atoms with E-state index in [1.165, 1.54) is 6.92 Å². The summed E-state index contributed by atoms with van der Waals surface area (Å²) in [5.74, 6) is -1.16. The number of hydrogen-bond acceptors (Lipinski definition) is 4. The molecule has 0 heterocycles. The van der Waals surface area contributed by atoms with Gasteiger partial charge in [-0.1, -0.05) is 0 Å². The Bertz CT molecular complexity index is 235. The summed E-state index contributed by atoms with van der Waals surface area (Å²) in [7, 11) is 0. The van der Waals surface area contributed by atoms with Crippen molar-refractivity contribution in [3.8, 4) is 0 Å². The number of rotatable bonds is 5. The van der Waals surface area contributed by atoms with Crippen LogP contribution in [0.2, 0.25) is 0 Å². The molecule has 0 aliphatic heterocycles. The number of alkyl halides is 1.